The summed E-state index contributed by atoms with van der Waals surface area (Å²) in [6.07, 6.45) is 0.811. The lowest BCUT2D eigenvalue weighted by molar-refractivity contribution is 0.102. The van der Waals surface area contributed by atoms with E-state index in [2.05, 4.69) is 45.1 Å². The molecular weight excluding hydrogens is 606 g/mol. The summed E-state index contributed by atoms with van der Waals surface area (Å²) >= 11 is 6.35. The van der Waals surface area contributed by atoms with Crippen LogP contribution in [-0.2, 0) is 19.5 Å². The van der Waals surface area contributed by atoms with Gasteiger partial charge in [-0.3, -0.25) is 19.1 Å². The van der Waals surface area contributed by atoms with Crippen LogP contribution in [0.1, 0.15) is 26.4 Å². The zero-order valence-corrected chi connectivity index (χ0v) is 25.0. The van der Waals surface area contributed by atoms with Gasteiger partial charge < -0.3 is 4.74 Å². The van der Waals surface area contributed by atoms with Gasteiger partial charge in [-0.05, 0) is 63.8 Å². The number of carbonyl (C=O) groups is 1. The van der Waals surface area contributed by atoms with Crippen LogP contribution in [-0.4, -0.2) is 39.6 Å². The van der Waals surface area contributed by atoms with E-state index in [0.29, 0.717) is 21.9 Å². The van der Waals surface area contributed by atoms with E-state index < -0.39 is 0 Å². The van der Waals surface area contributed by atoms with E-state index in [0.717, 1.165) is 46.6 Å². The Bertz CT molecular complexity index is 1750. The van der Waals surface area contributed by atoms with E-state index in [1.165, 1.54) is 22.2 Å². The summed E-state index contributed by atoms with van der Waals surface area (Å²) in [7, 11) is 1.59. The van der Waals surface area contributed by atoms with Crippen LogP contribution in [0.5, 0.6) is 5.75 Å². The zero-order valence-electron chi connectivity index (χ0n) is 21.8. The Kier molecular flexibility index (Phi) is 7.89. The van der Waals surface area contributed by atoms with Crippen LogP contribution in [0.2, 0.25) is 0 Å². The molecular formula is C31H26BrN3O3S2. The summed E-state index contributed by atoms with van der Waals surface area (Å²) in [6.45, 7) is 2.56. The van der Waals surface area contributed by atoms with Crippen LogP contribution in [0, 0.1) is 0 Å². The molecule has 9 heteroatoms. The number of para-hydroxylation sites is 1. The molecule has 0 amide bonds. The number of ketones is 1. The smallest absolute Gasteiger partial charge is 0.267 e. The number of thioether (sulfide) groups is 1. The molecule has 3 aromatic carbocycles. The number of carbonyl (C=O) groups excluding carboxylic acids is 1. The molecule has 3 heterocycles. The van der Waals surface area contributed by atoms with Gasteiger partial charge >= 0.3 is 0 Å². The SMILES string of the molecule is COc1ccc(C(=O)CSc2nc3sc4c(c3c(=O)n2-c2ccccc2)CCN(Cc2ccccc2)C4)cc1Br. The molecule has 5 aromatic rings. The first kappa shape index (κ1) is 27.0. The van der Waals surface area contributed by atoms with Crippen LogP contribution in [0.25, 0.3) is 15.9 Å². The predicted octanol–water partition coefficient (Wildman–Crippen LogP) is 6.75. The van der Waals surface area contributed by atoms with Gasteiger partial charge in [-0.25, -0.2) is 4.98 Å². The van der Waals surface area contributed by atoms with Gasteiger partial charge in [0.2, 0.25) is 0 Å². The lowest BCUT2D eigenvalue weighted by atomic mass is 10.0. The quantitative estimate of drug-likeness (QED) is 0.107. The van der Waals surface area contributed by atoms with Crippen molar-refractivity contribution in [2.24, 2.45) is 0 Å². The molecule has 0 aliphatic carbocycles. The van der Waals surface area contributed by atoms with Gasteiger partial charge in [-0.2, -0.15) is 0 Å². The molecule has 202 valence electrons. The van der Waals surface area contributed by atoms with Crippen molar-refractivity contribution < 1.29 is 9.53 Å². The van der Waals surface area contributed by atoms with Crippen molar-refractivity contribution in [2.75, 3.05) is 19.4 Å². The summed E-state index contributed by atoms with van der Waals surface area (Å²) in [4.78, 5) is 36.5. The number of benzene rings is 3. The average molecular weight is 633 g/mol. The third kappa shape index (κ3) is 5.39. The number of ether oxygens (including phenoxy) is 1. The molecule has 2 aromatic heterocycles. The summed E-state index contributed by atoms with van der Waals surface area (Å²) in [5.74, 6) is 0.766. The highest BCUT2D eigenvalue weighted by Gasteiger charge is 2.26. The minimum Gasteiger partial charge on any atom is -0.496 e. The molecule has 0 saturated heterocycles. The zero-order chi connectivity index (χ0) is 27.6. The van der Waals surface area contributed by atoms with Gasteiger partial charge in [0.25, 0.3) is 5.56 Å². The van der Waals surface area contributed by atoms with Crippen molar-refractivity contribution in [3.63, 3.8) is 0 Å². The Morgan fingerprint density at radius 2 is 1.82 bits per heavy atom. The van der Waals surface area contributed by atoms with Crippen LogP contribution in [0.4, 0.5) is 0 Å². The lowest BCUT2D eigenvalue weighted by Crippen LogP contribution is -2.30. The number of hydrogen-bond donors (Lipinski definition) is 0. The average Bonchev–Trinajstić information content (AvgIpc) is 3.34. The lowest BCUT2D eigenvalue weighted by Gasteiger charge is -2.26. The Morgan fingerprint density at radius 1 is 1.07 bits per heavy atom. The molecule has 6 rings (SSSR count). The van der Waals surface area contributed by atoms with Gasteiger partial charge in [-0.15, -0.1) is 11.3 Å². The summed E-state index contributed by atoms with van der Waals surface area (Å²) in [5.41, 5.74) is 3.63. The Labute approximate surface area is 248 Å². The molecule has 6 nitrogen and oxygen atoms in total. The van der Waals surface area contributed by atoms with Crippen molar-refractivity contribution in [3.8, 4) is 11.4 Å². The van der Waals surface area contributed by atoms with Crippen LogP contribution >= 0.6 is 39.0 Å². The minimum absolute atomic E-state index is 0.0515. The minimum atomic E-state index is -0.0765. The number of thiophene rings is 1. The topological polar surface area (TPSA) is 64.4 Å². The summed E-state index contributed by atoms with van der Waals surface area (Å²) in [5, 5.41) is 1.22. The second-order valence-electron chi connectivity index (χ2n) is 9.56. The van der Waals surface area contributed by atoms with Gasteiger partial charge in [-0.1, -0.05) is 60.3 Å². The molecule has 0 fully saturated rings. The normalized spacial score (nSPS) is 13.3. The Hall–Kier alpha value is -3.24. The highest BCUT2D eigenvalue weighted by molar-refractivity contribution is 9.10. The fourth-order valence-electron chi connectivity index (χ4n) is 5.01. The van der Waals surface area contributed by atoms with E-state index in [9.17, 15) is 9.59 Å². The molecule has 0 spiro atoms. The van der Waals surface area contributed by atoms with Crippen molar-refractivity contribution in [3.05, 3.63) is 115 Å². The van der Waals surface area contributed by atoms with Crippen molar-refractivity contribution in [1.29, 1.82) is 0 Å². The molecule has 0 atom stereocenters. The Balaban J connectivity index is 1.34. The largest absolute Gasteiger partial charge is 0.496 e. The molecule has 0 unspecified atom stereocenters. The molecule has 0 saturated carbocycles. The maximum Gasteiger partial charge on any atom is 0.267 e. The van der Waals surface area contributed by atoms with E-state index in [4.69, 9.17) is 9.72 Å². The molecule has 0 radical (unpaired) electrons. The highest BCUT2D eigenvalue weighted by Crippen LogP contribution is 2.35. The second kappa shape index (κ2) is 11.7. The third-order valence-corrected chi connectivity index (χ3v) is 9.66. The maximum atomic E-state index is 14.1. The summed E-state index contributed by atoms with van der Waals surface area (Å²) < 4.78 is 7.67. The first-order valence-corrected chi connectivity index (χ1v) is 15.5. The fraction of sp³-hybridized carbons (Fsp3) is 0.194. The first-order chi connectivity index (χ1) is 19.5. The van der Waals surface area contributed by atoms with E-state index in [-0.39, 0.29) is 17.1 Å². The number of nitrogens with zero attached hydrogens (tertiary/aromatic N) is 3. The summed E-state index contributed by atoms with van der Waals surface area (Å²) in [6, 6.07) is 25.3. The second-order valence-corrected chi connectivity index (χ2v) is 12.4. The van der Waals surface area contributed by atoms with Crippen LogP contribution < -0.4 is 10.3 Å². The number of Topliss-reactive ketones (excluding diaryl/α,β-unsaturated/α-hetero) is 1. The van der Waals surface area contributed by atoms with Crippen LogP contribution in [0.3, 0.4) is 0 Å². The van der Waals surface area contributed by atoms with Crippen LogP contribution in [0.15, 0.2) is 93.3 Å². The molecule has 1 aliphatic rings. The number of rotatable bonds is 8. The number of aromatic nitrogens is 2. The van der Waals surface area contributed by atoms with Crippen molar-refractivity contribution in [1.82, 2.24) is 14.5 Å². The number of methoxy groups -OCH3 is 1. The standard InChI is InChI=1S/C31H26BrN3O3S2/c1-38-26-13-12-21(16-24(26)32)25(36)19-39-31-33-29-28(30(37)35(31)22-10-6-3-7-11-22)23-14-15-34(18-27(23)40-29)17-20-8-4-2-5-9-20/h2-13,16H,14-15,17-19H2,1H3. The maximum absolute atomic E-state index is 14.1. The Morgan fingerprint density at radius 3 is 2.55 bits per heavy atom. The van der Waals surface area contributed by atoms with E-state index in [1.54, 1.807) is 41.2 Å². The molecule has 1 aliphatic heterocycles. The predicted molar refractivity (Wildman–Crippen MR) is 165 cm³/mol. The monoisotopic (exact) mass is 631 g/mol. The van der Waals surface area contributed by atoms with E-state index >= 15 is 0 Å². The fourth-order valence-corrected chi connectivity index (χ4v) is 7.76. The number of fused-ring (bicyclic) bond motifs is 3. The molecule has 0 bridgehead atoms. The van der Waals surface area contributed by atoms with Gasteiger partial charge in [0.15, 0.2) is 10.9 Å². The number of hydrogen-bond acceptors (Lipinski definition) is 7. The molecule has 0 N–H and O–H groups in total. The molecule has 40 heavy (non-hydrogen) atoms. The third-order valence-electron chi connectivity index (χ3n) is 6.99. The first-order valence-electron chi connectivity index (χ1n) is 12.9. The van der Waals surface area contributed by atoms with Crippen molar-refractivity contribution in [2.45, 2.75) is 24.7 Å². The number of halogens is 1. The van der Waals surface area contributed by atoms with Gasteiger partial charge in [0.05, 0.1) is 28.4 Å². The van der Waals surface area contributed by atoms with Gasteiger partial charge in [0, 0.05) is 30.1 Å². The van der Waals surface area contributed by atoms with Gasteiger partial charge in [0.1, 0.15) is 10.6 Å². The highest BCUT2D eigenvalue weighted by atomic mass is 79.9. The van der Waals surface area contributed by atoms with Crippen molar-refractivity contribution >= 4 is 55.0 Å². The van der Waals surface area contributed by atoms with E-state index in [1.807, 2.05) is 36.4 Å².